The molecule has 1 aromatic rings. The third-order valence-corrected chi connectivity index (χ3v) is 4.23. The van der Waals surface area contributed by atoms with Gasteiger partial charge in [0.15, 0.2) is 0 Å². The van der Waals surface area contributed by atoms with Crippen LogP contribution in [0.1, 0.15) is 39.0 Å². The van der Waals surface area contributed by atoms with Crippen molar-refractivity contribution in [2.75, 3.05) is 11.9 Å². The fourth-order valence-electron chi connectivity index (χ4n) is 2.82. The molecular formula is C16H20ClFN2O2. The summed E-state index contributed by atoms with van der Waals surface area (Å²) in [5.41, 5.74) is 0.420. The summed E-state index contributed by atoms with van der Waals surface area (Å²) in [7, 11) is 0. The number of amides is 2. The molecule has 0 unspecified atom stereocenters. The fraction of sp³-hybridized carbons (Fsp3) is 0.500. The minimum absolute atomic E-state index is 0.00892. The van der Waals surface area contributed by atoms with Crippen LogP contribution in [0.25, 0.3) is 0 Å². The van der Waals surface area contributed by atoms with Gasteiger partial charge in [0.1, 0.15) is 12.4 Å². The summed E-state index contributed by atoms with van der Waals surface area (Å²) in [6.45, 7) is 1.49. The molecule has 1 aromatic carbocycles. The Hall–Kier alpha value is -1.62. The van der Waals surface area contributed by atoms with Gasteiger partial charge < -0.3 is 10.2 Å². The number of hydrogen-bond acceptors (Lipinski definition) is 2. The molecule has 1 aliphatic rings. The molecule has 0 spiro atoms. The lowest BCUT2D eigenvalue weighted by molar-refractivity contribution is -0.135. The molecule has 1 aliphatic carbocycles. The van der Waals surface area contributed by atoms with Crippen LogP contribution in [-0.2, 0) is 9.59 Å². The summed E-state index contributed by atoms with van der Waals surface area (Å²) in [5, 5.41) is 2.60. The highest BCUT2D eigenvalue weighted by Gasteiger charge is 2.25. The lowest BCUT2D eigenvalue weighted by Gasteiger charge is -2.33. The molecule has 0 heterocycles. The van der Waals surface area contributed by atoms with Crippen molar-refractivity contribution in [2.24, 2.45) is 0 Å². The Kier molecular flexibility index (Phi) is 5.77. The standard InChI is InChI=1S/C16H20ClFN2O2/c1-11(21)20(13-5-3-2-4-6-13)10-16(22)19-12-7-8-15(18)14(17)9-12/h7-9,13H,2-6,10H2,1H3,(H,19,22). The molecule has 1 saturated carbocycles. The van der Waals surface area contributed by atoms with Gasteiger partial charge in [-0.15, -0.1) is 0 Å². The van der Waals surface area contributed by atoms with Gasteiger partial charge in [-0.2, -0.15) is 0 Å². The predicted octanol–water partition coefficient (Wildman–Crippen LogP) is 3.60. The largest absolute Gasteiger partial charge is 0.331 e. The first-order valence-corrected chi connectivity index (χ1v) is 7.87. The van der Waals surface area contributed by atoms with Crippen LogP contribution in [0.5, 0.6) is 0 Å². The second-order valence-electron chi connectivity index (χ2n) is 5.62. The summed E-state index contributed by atoms with van der Waals surface area (Å²) in [6, 6.07) is 4.13. The molecular weight excluding hydrogens is 307 g/mol. The van der Waals surface area contributed by atoms with Crippen LogP contribution >= 0.6 is 11.6 Å². The minimum atomic E-state index is -0.535. The number of rotatable bonds is 4. The third kappa shape index (κ3) is 4.44. The van der Waals surface area contributed by atoms with Crippen LogP contribution < -0.4 is 5.32 Å². The maximum atomic E-state index is 13.1. The first kappa shape index (κ1) is 16.7. The van der Waals surface area contributed by atoms with Gasteiger partial charge in [0.2, 0.25) is 11.8 Å². The molecule has 0 radical (unpaired) electrons. The zero-order chi connectivity index (χ0) is 16.1. The van der Waals surface area contributed by atoms with E-state index in [0.717, 1.165) is 25.7 Å². The topological polar surface area (TPSA) is 49.4 Å². The molecule has 22 heavy (non-hydrogen) atoms. The van der Waals surface area contributed by atoms with Crippen LogP contribution in [0.4, 0.5) is 10.1 Å². The molecule has 4 nitrogen and oxygen atoms in total. The van der Waals surface area contributed by atoms with Gasteiger partial charge in [0.25, 0.3) is 0 Å². The highest BCUT2D eigenvalue weighted by Crippen LogP contribution is 2.23. The maximum Gasteiger partial charge on any atom is 0.244 e. The zero-order valence-corrected chi connectivity index (χ0v) is 13.3. The third-order valence-electron chi connectivity index (χ3n) is 3.94. The van der Waals surface area contributed by atoms with Crippen molar-refractivity contribution >= 4 is 29.1 Å². The second kappa shape index (κ2) is 7.58. The van der Waals surface area contributed by atoms with Gasteiger partial charge in [-0.1, -0.05) is 30.9 Å². The van der Waals surface area contributed by atoms with Crippen LogP contribution in [0, 0.1) is 5.82 Å². The molecule has 6 heteroatoms. The first-order valence-electron chi connectivity index (χ1n) is 7.49. The molecule has 0 aromatic heterocycles. The number of halogens is 2. The van der Waals surface area contributed by atoms with Gasteiger partial charge in [0.05, 0.1) is 5.02 Å². The molecule has 120 valence electrons. The van der Waals surface area contributed by atoms with E-state index >= 15 is 0 Å². The van der Waals surface area contributed by atoms with Crippen molar-refractivity contribution in [3.05, 3.63) is 29.0 Å². The van der Waals surface area contributed by atoms with E-state index in [1.165, 1.54) is 31.5 Å². The number of hydrogen-bond donors (Lipinski definition) is 1. The lowest BCUT2D eigenvalue weighted by Crippen LogP contribution is -2.44. The normalized spacial score (nSPS) is 15.4. The summed E-state index contributed by atoms with van der Waals surface area (Å²) in [5.74, 6) is -0.935. The van der Waals surface area contributed by atoms with E-state index in [-0.39, 0.29) is 29.4 Å². The molecule has 0 saturated heterocycles. The summed E-state index contributed by atoms with van der Waals surface area (Å²) in [4.78, 5) is 25.6. The lowest BCUT2D eigenvalue weighted by atomic mass is 9.94. The molecule has 1 fully saturated rings. The van der Waals surface area contributed by atoms with Gasteiger partial charge in [-0.05, 0) is 31.0 Å². The van der Waals surface area contributed by atoms with Crippen LogP contribution in [0.2, 0.25) is 5.02 Å². The van der Waals surface area contributed by atoms with E-state index in [0.29, 0.717) is 5.69 Å². The zero-order valence-electron chi connectivity index (χ0n) is 12.6. The van der Waals surface area contributed by atoms with Gasteiger partial charge in [-0.3, -0.25) is 9.59 Å². The van der Waals surface area contributed by atoms with Gasteiger partial charge in [-0.25, -0.2) is 4.39 Å². The Bertz CT molecular complexity index is 559. The summed E-state index contributed by atoms with van der Waals surface area (Å²) >= 11 is 5.68. The number of nitrogens with one attached hydrogen (secondary N) is 1. The molecule has 0 aliphatic heterocycles. The Morgan fingerprint density at radius 2 is 2.00 bits per heavy atom. The van der Waals surface area contributed by atoms with E-state index in [1.807, 2.05) is 0 Å². The SMILES string of the molecule is CC(=O)N(CC(=O)Nc1ccc(F)c(Cl)c1)C1CCCCC1. The number of carbonyl (C=O) groups is 2. The van der Waals surface area contributed by atoms with Crippen molar-refractivity contribution in [3.63, 3.8) is 0 Å². The van der Waals surface area contributed by atoms with Crippen LogP contribution in [0.3, 0.4) is 0 Å². The molecule has 1 N–H and O–H groups in total. The van der Waals surface area contributed by atoms with E-state index < -0.39 is 5.82 Å². The molecule has 2 rings (SSSR count). The Labute approximate surface area is 134 Å². The minimum Gasteiger partial charge on any atom is -0.331 e. The maximum absolute atomic E-state index is 13.1. The smallest absolute Gasteiger partial charge is 0.244 e. The fourth-order valence-corrected chi connectivity index (χ4v) is 3.00. The predicted molar refractivity (Wildman–Crippen MR) is 84.3 cm³/mol. The molecule has 0 bridgehead atoms. The van der Waals surface area contributed by atoms with Crippen molar-refractivity contribution < 1.29 is 14.0 Å². The Morgan fingerprint density at radius 1 is 1.32 bits per heavy atom. The number of anilines is 1. The molecule has 2 amide bonds. The summed E-state index contributed by atoms with van der Waals surface area (Å²) in [6.07, 6.45) is 5.24. The number of carbonyl (C=O) groups excluding carboxylic acids is 2. The average molecular weight is 327 g/mol. The second-order valence-corrected chi connectivity index (χ2v) is 6.02. The van der Waals surface area contributed by atoms with E-state index in [2.05, 4.69) is 5.32 Å². The van der Waals surface area contributed by atoms with Crippen molar-refractivity contribution in [1.82, 2.24) is 4.90 Å². The monoisotopic (exact) mass is 326 g/mol. The van der Waals surface area contributed by atoms with E-state index in [4.69, 9.17) is 11.6 Å². The van der Waals surface area contributed by atoms with Crippen LogP contribution in [0.15, 0.2) is 18.2 Å². The highest BCUT2D eigenvalue weighted by atomic mass is 35.5. The van der Waals surface area contributed by atoms with Crippen molar-refractivity contribution in [1.29, 1.82) is 0 Å². The van der Waals surface area contributed by atoms with E-state index in [1.54, 1.807) is 4.90 Å². The molecule has 0 atom stereocenters. The van der Waals surface area contributed by atoms with Crippen LogP contribution in [-0.4, -0.2) is 29.3 Å². The Balaban J connectivity index is 1.98. The average Bonchev–Trinajstić information content (AvgIpc) is 2.49. The number of benzene rings is 1. The van der Waals surface area contributed by atoms with E-state index in [9.17, 15) is 14.0 Å². The number of nitrogens with zero attached hydrogens (tertiary/aromatic N) is 1. The Morgan fingerprint density at radius 3 is 2.59 bits per heavy atom. The van der Waals surface area contributed by atoms with Gasteiger partial charge in [0, 0.05) is 18.7 Å². The first-order chi connectivity index (χ1) is 10.5. The van der Waals surface area contributed by atoms with Gasteiger partial charge >= 0.3 is 0 Å². The van der Waals surface area contributed by atoms with Crippen molar-refractivity contribution in [3.8, 4) is 0 Å². The highest BCUT2D eigenvalue weighted by molar-refractivity contribution is 6.31. The van der Waals surface area contributed by atoms with Crippen molar-refractivity contribution in [2.45, 2.75) is 45.1 Å². The summed E-state index contributed by atoms with van der Waals surface area (Å²) < 4.78 is 13.1. The quantitative estimate of drug-likeness (QED) is 0.919.